The minimum Gasteiger partial charge on any atom is -0.465 e. The average Bonchev–Trinajstić information content (AvgIpc) is 2.66. The summed E-state index contributed by atoms with van der Waals surface area (Å²) >= 11 is 0. The Morgan fingerprint density at radius 1 is 1.27 bits per heavy atom. The van der Waals surface area contributed by atoms with Gasteiger partial charge in [-0.1, -0.05) is 13.0 Å². The number of carbonyl (C=O) groups is 3. The predicted octanol–water partition coefficient (Wildman–Crippen LogP) is 3.23. The molecule has 142 valence electrons. The van der Waals surface area contributed by atoms with Crippen LogP contribution in [0.2, 0.25) is 0 Å². The number of rotatable bonds is 5. The molecule has 1 saturated heterocycles. The maximum absolute atomic E-state index is 13.0. The Bertz CT molecular complexity index is 684. The smallest absolute Gasteiger partial charge is 0.337 e. The van der Waals surface area contributed by atoms with E-state index >= 15 is 0 Å². The lowest BCUT2D eigenvalue weighted by atomic mass is 9.87. The Morgan fingerprint density at radius 3 is 2.65 bits per heavy atom. The highest BCUT2D eigenvalue weighted by Gasteiger charge is 2.41. The molecule has 1 aromatic rings. The van der Waals surface area contributed by atoms with Crippen molar-refractivity contribution in [2.75, 3.05) is 19.0 Å². The van der Waals surface area contributed by atoms with Gasteiger partial charge < -0.3 is 15.0 Å². The highest BCUT2D eigenvalue weighted by molar-refractivity contribution is 6.10. The normalized spacial score (nSPS) is 17.5. The molecule has 6 nitrogen and oxygen atoms in total. The molecule has 26 heavy (non-hydrogen) atoms. The molecule has 0 aliphatic carbocycles. The number of benzene rings is 1. The number of amides is 2. The number of nitrogens with zero attached hydrogens (tertiary/aromatic N) is 1. The van der Waals surface area contributed by atoms with E-state index in [1.54, 1.807) is 38.1 Å². The minimum absolute atomic E-state index is 0.148. The van der Waals surface area contributed by atoms with Crippen LogP contribution >= 0.6 is 0 Å². The van der Waals surface area contributed by atoms with Crippen LogP contribution in [0.3, 0.4) is 0 Å². The van der Waals surface area contributed by atoms with Crippen LogP contribution in [0, 0.1) is 5.41 Å². The van der Waals surface area contributed by atoms with Crippen LogP contribution in [0.15, 0.2) is 24.3 Å². The standard InChI is InChI=1S/C20H28N2O4/c1-5-16-11-6-7-12-22(16)19(25)20(2,3)18(24)21-15-10-8-9-14(13-15)17(23)26-4/h8-10,13,16H,5-7,11-12H2,1-4H3,(H,21,24). The van der Waals surface area contributed by atoms with Crippen molar-refractivity contribution in [3.05, 3.63) is 29.8 Å². The highest BCUT2D eigenvalue weighted by atomic mass is 16.5. The van der Waals surface area contributed by atoms with E-state index in [0.29, 0.717) is 17.8 Å². The van der Waals surface area contributed by atoms with Gasteiger partial charge in [-0.05, 0) is 57.7 Å². The Kier molecular flexibility index (Phi) is 6.40. The molecule has 1 heterocycles. The van der Waals surface area contributed by atoms with Gasteiger partial charge in [-0.15, -0.1) is 0 Å². The van der Waals surface area contributed by atoms with E-state index in [2.05, 4.69) is 12.2 Å². The second-order valence-corrected chi connectivity index (χ2v) is 7.21. The molecule has 1 aliphatic rings. The summed E-state index contributed by atoms with van der Waals surface area (Å²) < 4.78 is 4.69. The molecular formula is C20H28N2O4. The lowest BCUT2D eigenvalue weighted by Gasteiger charge is -2.39. The van der Waals surface area contributed by atoms with Crippen molar-refractivity contribution in [1.82, 2.24) is 4.90 Å². The van der Waals surface area contributed by atoms with Gasteiger partial charge >= 0.3 is 5.97 Å². The topological polar surface area (TPSA) is 75.7 Å². The first-order chi connectivity index (χ1) is 12.3. The maximum Gasteiger partial charge on any atom is 0.337 e. The van der Waals surface area contributed by atoms with Gasteiger partial charge in [0.2, 0.25) is 11.8 Å². The van der Waals surface area contributed by atoms with Gasteiger partial charge in [0.1, 0.15) is 5.41 Å². The number of nitrogens with one attached hydrogen (secondary N) is 1. The van der Waals surface area contributed by atoms with Gasteiger partial charge in [-0.2, -0.15) is 0 Å². The number of piperidine rings is 1. The van der Waals surface area contributed by atoms with Crippen molar-refractivity contribution in [3.8, 4) is 0 Å². The highest BCUT2D eigenvalue weighted by Crippen LogP contribution is 2.28. The van der Waals surface area contributed by atoms with Crippen molar-refractivity contribution in [1.29, 1.82) is 0 Å². The minimum atomic E-state index is -1.19. The number of carbonyl (C=O) groups excluding carboxylic acids is 3. The van der Waals surface area contributed by atoms with Crippen LogP contribution in [0.5, 0.6) is 0 Å². The molecule has 0 aromatic heterocycles. The summed E-state index contributed by atoms with van der Waals surface area (Å²) in [6.45, 7) is 6.07. The van der Waals surface area contributed by atoms with E-state index in [1.807, 2.05) is 4.90 Å². The molecule has 2 rings (SSSR count). The summed E-state index contributed by atoms with van der Waals surface area (Å²) in [4.78, 5) is 39.3. The lowest BCUT2D eigenvalue weighted by molar-refractivity contribution is -0.149. The predicted molar refractivity (Wildman–Crippen MR) is 99.8 cm³/mol. The molecule has 2 amide bonds. The molecule has 1 aromatic carbocycles. The van der Waals surface area contributed by atoms with Crippen LogP contribution < -0.4 is 5.32 Å². The second-order valence-electron chi connectivity index (χ2n) is 7.21. The zero-order valence-electron chi connectivity index (χ0n) is 16.0. The Hall–Kier alpha value is -2.37. The molecule has 0 saturated carbocycles. The molecule has 1 unspecified atom stereocenters. The van der Waals surface area contributed by atoms with Gasteiger partial charge in [0.25, 0.3) is 0 Å². The monoisotopic (exact) mass is 360 g/mol. The van der Waals surface area contributed by atoms with Gasteiger partial charge in [-0.25, -0.2) is 4.79 Å². The fraction of sp³-hybridized carbons (Fsp3) is 0.550. The summed E-state index contributed by atoms with van der Waals surface area (Å²) in [6.07, 6.45) is 3.97. The number of likely N-dealkylation sites (tertiary alicyclic amines) is 1. The summed E-state index contributed by atoms with van der Waals surface area (Å²) in [7, 11) is 1.30. The quantitative estimate of drug-likeness (QED) is 0.646. The van der Waals surface area contributed by atoms with E-state index < -0.39 is 11.4 Å². The number of ether oxygens (including phenoxy) is 1. The third-order valence-corrected chi connectivity index (χ3v) is 5.00. The lowest BCUT2D eigenvalue weighted by Crippen LogP contribution is -2.52. The van der Waals surface area contributed by atoms with E-state index in [4.69, 9.17) is 4.74 Å². The average molecular weight is 360 g/mol. The Morgan fingerprint density at radius 2 is 2.00 bits per heavy atom. The number of hydrogen-bond donors (Lipinski definition) is 1. The van der Waals surface area contributed by atoms with Crippen molar-refractivity contribution >= 4 is 23.5 Å². The fourth-order valence-corrected chi connectivity index (χ4v) is 3.28. The molecule has 0 bridgehead atoms. The number of esters is 1. The Labute approximate surface area is 154 Å². The largest absolute Gasteiger partial charge is 0.465 e. The SMILES string of the molecule is CCC1CCCCN1C(=O)C(C)(C)C(=O)Nc1cccc(C(=O)OC)c1. The first-order valence-corrected chi connectivity index (χ1v) is 9.12. The third-order valence-electron chi connectivity index (χ3n) is 5.00. The first-order valence-electron chi connectivity index (χ1n) is 9.12. The number of methoxy groups -OCH3 is 1. The second kappa shape index (κ2) is 8.34. The maximum atomic E-state index is 13.0. The van der Waals surface area contributed by atoms with E-state index in [1.165, 1.54) is 7.11 Å². The van der Waals surface area contributed by atoms with Gasteiger partial charge in [-0.3, -0.25) is 9.59 Å². The molecule has 0 spiro atoms. The molecule has 1 atom stereocenters. The molecule has 1 N–H and O–H groups in total. The first kappa shape index (κ1) is 19.9. The van der Waals surface area contributed by atoms with Crippen molar-refractivity contribution in [2.45, 2.75) is 52.5 Å². The summed E-state index contributed by atoms with van der Waals surface area (Å²) in [6, 6.07) is 6.69. The zero-order valence-corrected chi connectivity index (χ0v) is 16.0. The van der Waals surface area contributed by atoms with E-state index in [0.717, 1.165) is 25.7 Å². The molecule has 1 fully saturated rings. The van der Waals surface area contributed by atoms with Crippen molar-refractivity contribution < 1.29 is 19.1 Å². The zero-order chi connectivity index (χ0) is 19.3. The third kappa shape index (κ3) is 4.23. The summed E-state index contributed by atoms with van der Waals surface area (Å²) in [5.41, 5.74) is -0.382. The Balaban J connectivity index is 2.14. The number of hydrogen-bond acceptors (Lipinski definition) is 4. The summed E-state index contributed by atoms with van der Waals surface area (Å²) in [5, 5.41) is 2.76. The van der Waals surface area contributed by atoms with Crippen LogP contribution in [-0.4, -0.2) is 42.4 Å². The fourth-order valence-electron chi connectivity index (χ4n) is 3.28. The van der Waals surface area contributed by atoms with Gasteiger partial charge in [0, 0.05) is 18.3 Å². The molecule has 6 heteroatoms. The van der Waals surface area contributed by atoms with Crippen LogP contribution in [0.4, 0.5) is 5.69 Å². The molecular weight excluding hydrogens is 332 g/mol. The van der Waals surface area contributed by atoms with Gasteiger partial charge in [0.15, 0.2) is 0 Å². The van der Waals surface area contributed by atoms with Gasteiger partial charge in [0.05, 0.1) is 12.7 Å². The van der Waals surface area contributed by atoms with E-state index in [-0.39, 0.29) is 17.9 Å². The molecule has 1 aliphatic heterocycles. The van der Waals surface area contributed by atoms with Crippen molar-refractivity contribution in [3.63, 3.8) is 0 Å². The van der Waals surface area contributed by atoms with Crippen LogP contribution in [0.25, 0.3) is 0 Å². The van der Waals surface area contributed by atoms with Crippen LogP contribution in [0.1, 0.15) is 56.8 Å². The van der Waals surface area contributed by atoms with E-state index in [9.17, 15) is 14.4 Å². The number of anilines is 1. The molecule has 0 radical (unpaired) electrons. The van der Waals surface area contributed by atoms with Crippen molar-refractivity contribution in [2.24, 2.45) is 5.41 Å². The summed E-state index contributed by atoms with van der Waals surface area (Å²) in [5.74, 6) is -1.01. The van der Waals surface area contributed by atoms with Crippen LogP contribution in [-0.2, 0) is 14.3 Å².